The fraction of sp³-hybridized carbons (Fsp3) is 0.440. The molecule has 0 saturated heterocycles. The molecular formula is C25H33ClN2O3. The zero-order chi connectivity index (χ0) is 23.0. The van der Waals surface area contributed by atoms with Crippen molar-refractivity contribution < 1.29 is 14.3 Å². The van der Waals surface area contributed by atoms with Gasteiger partial charge in [0.25, 0.3) is 5.91 Å². The van der Waals surface area contributed by atoms with Crippen LogP contribution in [0.5, 0.6) is 5.75 Å². The van der Waals surface area contributed by atoms with Crippen molar-refractivity contribution in [1.82, 2.24) is 10.2 Å². The van der Waals surface area contributed by atoms with Gasteiger partial charge in [0.1, 0.15) is 11.8 Å². The van der Waals surface area contributed by atoms with Crippen LogP contribution in [0.3, 0.4) is 0 Å². The van der Waals surface area contributed by atoms with Crippen molar-refractivity contribution in [2.75, 3.05) is 13.2 Å². The van der Waals surface area contributed by atoms with Gasteiger partial charge in [0.15, 0.2) is 6.61 Å². The Hall–Kier alpha value is -2.53. The van der Waals surface area contributed by atoms with Crippen LogP contribution in [-0.4, -0.2) is 35.9 Å². The summed E-state index contributed by atoms with van der Waals surface area (Å²) >= 11 is 5.99. The molecular weight excluding hydrogens is 412 g/mol. The van der Waals surface area contributed by atoms with Crippen LogP contribution in [0.15, 0.2) is 36.4 Å². The number of hydrogen-bond acceptors (Lipinski definition) is 3. The molecule has 0 saturated carbocycles. The highest BCUT2D eigenvalue weighted by Crippen LogP contribution is 2.23. The first-order valence-electron chi connectivity index (χ1n) is 10.7. The molecule has 2 amide bonds. The number of hydrogen-bond donors (Lipinski definition) is 1. The Morgan fingerprint density at radius 3 is 2.45 bits per heavy atom. The van der Waals surface area contributed by atoms with Crippen LogP contribution in [0.1, 0.15) is 48.9 Å². The third kappa shape index (κ3) is 7.28. The van der Waals surface area contributed by atoms with E-state index in [9.17, 15) is 9.59 Å². The molecule has 1 N–H and O–H groups in total. The van der Waals surface area contributed by atoms with Crippen LogP contribution >= 0.6 is 11.6 Å². The van der Waals surface area contributed by atoms with Gasteiger partial charge in [-0.3, -0.25) is 9.59 Å². The highest BCUT2D eigenvalue weighted by Gasteiger charge is 2.26. The summed E-state index contributed by atoms with van der Waals surface area (Å²) < 4.78 is 5.88. The maximum atomic E-state index is 13.1. The Balaban J connectivity index is 2.16. The molecule has 0 bridgehead atoms. The van der Waals surface area contributed by atoms with Crippen molar-refractivity contribution in [3.63, 3.8) is 0 Å². The standard InChI is InChI=1S/C25H33ClN2O3/c1-6-7-12-27-25(30)20(5)28(15-21-8-10-22(26)11-9-21)24(29)16-31-23-14-17(2)13-18(3)19(23)4/h8-11,13-14,20H,6-7,12,15-16H2,1-5H3,(H,27,30)/t20-/m0/s1. The van der Waals surface area contributed by atoms with E-state index in [2.05, 4.69) is 18.3 Å². The van der Waals surface area contributed by atoms with Gasteiger partial charge >= 0.3 is 0 Å². The zero-order valence-electron chi connectivity index (χ0n) is 19.1. The van der Waals surface area contributed by atoms with Crippen LogP contribution in [0.25, 0.3) is 0 Å². The molecule has 5 nitrogen and oxygen atoms in total. The van der Waals surface area contributed by atoms with Crippen LogP contribution in [0.2, 0.25) is 5.02 Å². The molecule has 0 aliphatic heterocycles. The first-order chi connectivity index (χ1) is 14.7. The van der Waals surface area contributed by atoms with Gasteiger partial charge in [0.2, 0.25) is 5.91 Å². The number of ether oxygens (including phenoxy) is 1. The number of amides is 2. The molecule has 0 radical (unpaired) electrons. The monoisotopic (exact) mass is 444 g/mol. The molecule has 0 unspecified atom stereocenters. The second kappa shape index (κ2) is 11.8. The van der Waals surface area contributed by atoms with Gasteiger partial charge in [-0.15, -0.1) is 0 Å². The molecule has 1 atom stereocenters. The largest absolute Gasteiger partial charge is 0.483 e. The summed E-state index contributed by atoms with van der Waals surface area (Å²) in [6.45, 7) is 10.6. The second-order valence-electron chi connectivity index (χ2n) is 7.96. The lowest BCUT2D eigenvalue weighted by Gasteiger charge is -2.29. The van der Waals surface area contributed by atoms with Gasteiger partial charge in [-0.05, 0) is 74.6 Å². The molecule has 2 rings (SSSR count). The normalized spacial score (nSPS) is 11.7. The maximum Gasteiger partial charge on any atom is 0.261 e. The van der Waals surface area contributed by atoms with Crippen molar-refractivity contribution in [2.45, 2.75) is 60.0 Å². The first kappa shape index (κ1) is 24.7. The summed E-state index contributed by atoms with van der Waals surface area (Å²) in [6, 6.07) is 10.7. The number of nitrogens with zero attached hydrogens (tertiary/aromatic N) is 1. The van der Waals surface area contributed by atoms with Crippen LogP contribution < -0.4 is 10.1 Å². The second-order valence-corrected chi connectivity index (χ2v) is 8.40. The minimum atomic E-state index is -0.621. The number of carbonyl (C=O) groups is 2. The number of carbonyl (C=O) groups excluding carboxylic acids is 2. The fourth-order valence-corrected chi connectivity index (χ4v) is 3.40. The van der Waals surface area contributed by atoms with Crippen molar-refractivity contribution >= 4 is 23.4 Å². The summed E-state index contributed by atoms with van der Waals surface area (Å²) in [5.74, 6) is 0.280. The van der Waals surface area contributed by atoms with E-state index in [1.165, 1.54) is 0 Å². The summed E-state index contributed by atoms with van der Waals surface area (Å²) in [7, 11) is 0. The third-order valence-corrected chi connectivity index (χ3v) is 5.63. The van der Waals surface area contributed by atoms with Crippen LogP contribution in [0.4, 0.5) is 0 Å². The van der Waals surface area contributed by atoms with E-state index >= 15 is 0 Å². The van der Waals surface area contributed by atoms with Crippen molar-refractivity contribution in [2.24, 2.45) is 0 Å². The van der Waals surface area contributed by atoms with Crippen molar-refractivity contribution in [3.8, 4) is 5.75 Å². The predicted molar refractivity (Wildman–Crippen MR) is 126 cm³/mol. The zero-order valence-corrected chi connectivity index (χ0v) is 19.9. The van der Waals surface area contributed by atoms with Crippen molar-refractivity contribution in [1.29, 1.82) is 0 Å². The van der Waals surface area contributed by atoms with E-state index < -0.39 is 6.04 Å². The van der Waals surface area contributed by atoms with Crippen molar-refractivity contribution in [3.05, 3.63) is 63.7 Å². The molecule has 0 aliphatic carbocycles. The number of halogens is 1. The quantitative estimate of drug-likeness (QED) is 0.526. The fourth-order valence-electron chi connectivity index (χ4n) is 3.28. The van der Waals surface area contributed by atoms with Gasteiger partial charge in [-0.25, -0.2) is 0 Å². The van der Waals surface area contributed by atoms with Gasteiger partial charge in [0.05, 0.1) is 0 Å². The number of nitrogens with one attached hydrogen (secondary N) is 1. The Kier molecular flexibility index (Phi) is 9.38. The number of aryl methyl sites for hydroxylation is 2. The van der Waals surface area contributed by atoms with E-state index in [1.807, 2.05) is 39.0 Å². The lowest BCUT2D eigenvalue weighted by atomic mass is 10.1. The van der Waals surface area contributed by atoms with Crippen LogP contribution in [0, 0.1) is 20.8 Å². The SMILES string of the molecule is CCCCNC(=O)[C@H](C)N(Cc1ccc(Cl)cc1)C(=O)COc1cc(C)cc(C)c1C. The van der Waals surface area contributed by atoms with Crippen LogP contribution in [-0.2, 0) is 16.1 Å². The molecule has 6 heteroatoms. The number of unbranched alkanes of at least 4 members (excludes halogenated alkanes) is 1. The predicted octanol–water partition coefficient (Wildman–Crippen LogP) is 4.98. The summed E-state index contributed by atoms with van der Waals surface area (Å²) in [5.41, 5.74) is 4.10. The first-order valence-corrected chi connectivity index (χ1v) is 11.1. The Morgan fingerprint density at radius 2 is 1.81 bits per heavy atom. The molecule has 0 heterocycles. The minimum absolute atomic E-state index is 0.135. The van der Waals surface area contributed by atoms with E-state index in [4.69, 9.17) is 16.3 Å². The van der Waals surface area contributed by atoms with Gasteiger partial charge in [0, 0.05) is 18.1 Å². The van der Waals surface area contributed by atoms with Gasteiger partial charge in [-0.2, -0.15) is 0 Å². The average molecular weight is 445 g/mol. The molecule has 0 aliphatic rings. The molecule has 2 aromatic rings. The Morgan fingerprint density at radius 1 is 1.13 bits per heavy atom. The molecule has 2 aromatic carbocycles. The van der Waals surface area contributed by atoms with Gasteiger partial charge < -0.3 is 15.0 Å². The molecule has 0 aromatic heterocycles. The summed E-state index contributed by atoms with van der Waals surface area (Å²) in [4.78, 5) is 27.4. The topological polar surface area (TPSA) is 58.6 Å². The van der Waals surface area contributed by atoms with E-state index in [1.54, 1.807) is 24.0 Å². The smallest absolute Gasteiger partial charge is 0.261 e. The van der Waals surface area contributed by atoms with E-state index in [-0.39, 0.29) is 18.4 Å². The Bertz CT molecular complexity index is 896. The lowest BCUT2D eigenvalue weighted by molar-refractivity contribution is -0.142. The third-order valence-electron chi connectivity index (χ3n) is 5.38. The van der Waals surface area contributed by atoms with E-state index in [0.29, 0.717) is 23.9 Å². The molecule has 0 fully saturated rings. The maximum absolute atomic E-state index is 13.1. The van der Waals surface area contributed by atoms with Gasteiger partial charge in [-0.1, -0.05) is 43.1 Å². The molecule has 31 heavy (non-hydrogen) atoms. The minimum Gasteiger partial charge on any atom is -0.483 e. The van der Waals surface area contributed by atoms with E-state index in [0.717, 1.165) is 35.1 Å². The number of benzene rings is 2. The average Bonchev–Trinajstić information content (AvgIpc) is 2.74. The number of rotatable bonds is 10. The summed E-state index contributed by atoms with van der Waals surface area (Å²) in [5, 5.41) is 3.54. The highest BCUT2D eigenvalue weighted by molar-refractivity contribution is 6.30. The lowest BCUT2D eigenvalue weighted by Crippen LogP contribution is -2.49. The highest BCUT2D eigenvalue weighted by atomic mass is 35.5. The molecule has 168 valence electrons. The summed E-state index contributed by atoms with van der Waals surface area (Å²) in [6.07, 6.45) is 1.89. The molecule has 0 spiro atoms. The Labute approximate surface area is 190 Å².